The van der Waals surface area contributed by atoms with Crippen molar-refractivity contribution in [3.8, 4) is 11.5 Å². The van der Waals surface area contributed by atoms with E-state index in [9.17, 15) is 14.7 Å². The topological polar surface area (TPSA) is 111 Å². The fourth-order valence-corrected chi connectivity index (χ4v) is 5.46. The molecule has 0 radical (unpaired) electrons. The predicted octanol–water partition coefficient (Wildman–Crippen LogP) is 5.66. The molecule has 1 saturated carbocycles. The average Bonchev–Trinajstić information content (AvgIpc) is 3.23. The van der Waals surface area contributed by atoms with E-state index in [0.29, 0.717) is 84.9 Å². The molecule has 0 amide bonds. The molecule has 8 heteroatoms. The number of fused-ring (bicyclic) bond motifs is 1. The number of aliphatic hydroxyl groups is 1. The van der Waals surface area contributed by atoms with Gasteiger partial charge in [0.15, 0.2) is 23.1 Å². The fraction of sp³-hybridized carbons (Fsp3) is 0.533. The smallest absolute Gasteiger partial charge is 0.168 e. The van der Waals surface area contributed by atoms with Gasteiger partial charge in [0.05, 0.1) is 31.1 Å². The van der Waals surface area contributed by atoms with Gasteiger partial charge < -0.3 is 19.1 Å². The number of hydrogen-bond acceptors (Lipinski definition) is 8. The molecule has 0 unspecified atom stereocenters. The van der Waals surface area contributed by atoms with Gasteiger partial charge in [-0.3, -0.25) is 14.6 Å². The summed E-state index contributed by atoms with van der Waals surface area (Å²) in [6, 6.07) is 5.75. The molecule has 1 fully saturated rings. The Bertz CT molecular complexity index is 1300. The normalized spacial score (nSPS) is 20.8. The molecule has 1 aromatic carbocycles. The largest absolute Gasteiger partial charge is 0.511 e. The minimum absolute atomic E-state index is 0.00398. The van der Waals surface area contributed by atoms with Crippen LogP contribution in [-0.2, 0) is 24.1 Å². The minimum atomic E-state index is -0.243. The van der Waals surface area contributed by atoms with Gasteiger partial charge in [-0.1, -0.05) is 38.9 Å². The van der Waals surface area contributed by atoms with E-state index in [4.69, 9.17) is 19.0 Å². The van der Waals surface area contributed by atoms with E-state index in [1.165, 1.54) is 0 Å². The average molecular weight is 523 g/mol. The van der Waals surface area contributed by atoms with Crippen molar-refractivity contribution in [1.29, 1.82) is 0 Å². The van der Waals surface area contributed by atoms with E-state index in [2.05, 4.69) is 5.16 Å². The quantitative estimate of drug-likeness (QED) is 0.351. The zero-order chi connectivity index (χ0) is 27.7. The monoisotopic (exact) mass is 522 g/mol. The van der Waals surface area contributed by atoms with Crippen molar-refractivity contribution in [2.75, 3.05) is 20.8 Å². The first kappa shape index (κ1) is 27.6. The fourth-order valence-electron chi connectivity index (χ4n) is 5.46. The second-order valence-electron chi connectivity index (χ2n) is 11.9. The Hall–Kier alpha value is -3.42. The van der Waals surface area contributed by atoms with Crippen LogP contribution in [0.25, 0.3) is 0 Å². The van der Waals surface area contributed by atoms with Crippen LogP contribution in [0.15, 0.2) is 39.0 Å². The maximum absolute atomic E-state index is 13.1. The number of carbonyl (C=O) groups is 2. The number of aliphatic hydroxyl groups excluding tert-OH is 1. The Morgan fingerprint density at radius 1 is 0.974 bits per heavy atom. The van der Waals surface area contributed by atoms with E-state index < -0.39 is 0 Å². The number of carbonyl (C=O) groups excluding carboxylic acids is 2. The second-order valence-corrected chi connectivity index (χ2v) is 11.9. The van der Waals surface area contributed by atoms with Gasteiger partial charge in [0.25, 0.3) is 0 Å². The number of ketones is 2. The number of allylic oxidation sites excluding steroid dienone is 2. The number of benzene rings is 1. The van der Waals surface area contributed by atoms with Crippen LogP contribution in [0, 0.1) is 10.8 Å². The van der Waals surface area contributed by atoms with E-state index >= 15 is 0 Å². The Morgan fingerprint density at radius 3 is 2.37 bits per heavy atom. The molecule has 2 aliphatic carbocycles. The molecular weight excluding hydrogens is 484 g/mol. The van der Waals surface area contributed by atoms with Crippen molar-refractivity contribution in [3.63, 3.8) is 0 Å². The van der Waals surface area contributed by atoms with Crippen molar-refractivity contribution < 1.29 is 28.7 Å². The zero-order valence-corrected chi connectivity index (χ0v) is 23.3. The van der Waals surface area contributed by atoms with Crippen LogP contribution in [0.1, 0.15) is 80.8 Å². The molecule has 38 heavy (non-hydrogen) atoms. The van der Waals surface area contributed by atoms with E-state index in [1.54, 1.807) is 14.2 Å². The summed E-state index contributed by atoms with van der Waals surface area (Å²) in [7, 11) is 3.20. The molecule has 0 saturated heterocycles. The zero-order valence-electron chi connectivity index (χ0n) is 23.3. The Labute approximate surface area is 224 Å². The predicted molar refractivity (Wildman–Crippen MR) is 144 cm³/mol. The number of ether oxygens (including phenoxy) is 2. The highest BCUT2D eigenvalue weighted by atomic mass is 16.5. The summed E-state index contributed by atoms with van der Waals surface area (Å²) in [6.07, 6.45) is 3.17. The van der Waals surface area contributed by atoms with Crippen LogP contribution in [0.5, 0.6) is 11.5 Å². The first-order valence-electron chi connectivity index (χ1n) is 13.1. The van der Waals surface area contributed by atoms with Gasteiger partial charge in [0.2, 0.25) is 0 Å². The Balaban J connectivity index is 1.53. The van der Waals surface area contributed by atoms with Gasteiger partial charge in [0.1, 0.15) is 11.5 Å². The van der Waals surface area contributed by atoms with Gasteiger partial charge in [0, 0.05) is 44.4 Å². The first-order valence-corrected chi connectivity index (χ1v) is 13.1. The number of Topliss-reactive ketones (excluding diaryl/α,β-unsaturated/α-hetero) is 2. The number of aliphatic imine (C=N–C) groups is 1. The van der Waals surface area contributed by atoms with Crippen molar-refractivity contribution >= 4 is 17.3 Å². The lowest BCUT2D eigenvalue weighted by Gasteiger charge is -2.31. The number of rotatable bonds is 8. The molecule has 2 aromatic rings. The summed E-state index contributed by atoms with van der Waals surface area (Å²) < 4.78 is 16.2. The van der Waals surface area contributed by atoms with E-state index in [-0.39, 0.29) is 34.6 Å². The summed E-state index contributed by atoms with van der Waals surface area (Å²) in [5.74, 6) is 1.84. The maximum atomic E-state index is 13.1. The van der Waals surface area contributed by atoms with E-state index in [0.717, 1.165) is 5.56 Å². The van der Waals surface area contributed by atoms with Gasteiger partial charge >= 0.3 is 0 Å². The molecule has 0 atom stereocenters. The number of nitrogens with zero attached hydrogens (tertiary/aromatic N) is 2. The third kappa shape index (κ3) is 6.00. The summed E-state index contributed by atoms with van der Waals surface area (Å²) in [6.45, 7) is 8.61. The summed E-state index contributed by atoms with van der Waals surface area (Å²) in [4.78, 5) is 30.7. The number of aryl methyl sites for hydroxylation is 1. The Kier molecular flexibility index (Phi) is 7.81. The standard InChI is InChI=1S/C30H38N2O6/c1-29(2)14-20(31-12-11-18-7-10-24(36-5)25(13-18)37-6)27(22(34)15-29)21(33)9-8-19-28-23(35)16-30(3,4)17-26(28)38-32-19/h7,10,13,33H,8-9,11-12,14-17H2,1-6H3/b27-21-,31-20?. The number of aromatic nitrogens is 1. The highest BCUT2D eigenvalue weighted by Gasteiger charge is 2.38. The molecule has 8 nitrogen and oxygen atoms in total. The third-order valence-electron chi connectivity index (χ3n) is 7.28. The third-order valence-corrected chi connectivity index (χ3v) is 7.28. The maximum Gasteiger partial charge on any atom is 0.168 e. The summed E-state index contributed by atoms with van der Waals surface area (Å²) >= 11 is 0. The second kappa shape index (κ2) is 10.8. The lowest BCUT2D eigenvalue weighted by molar-refractivity contribution is -0.117. The van der Waals surface area contributed by atoms with Crippen LogP contribution in [0.4, 0.5) is 0 Å². The van der Waals surface area contributed by atoms with Crippen molar-refractivity contribution in [2.45, 2.75) is 72.6 Å². The molecule has 0 spiro atoms. The minimum Gasteiger partial charge on any atom is -0.511 e. The van der Waals surface area contributed by atoms with Crippen LogP contribution >= 0.6 is 0 Å². The number of methoxy groups -OCH3 is 2. The van der Waals surface area contributed by atoms with Crippen LogP contribution in [0.3, 0.4) is 0 Å². The molecule has 0 bridgehead atoms. The lowest BCUT2D eigenvalue weighted by Crippen LogP contribution is -2.33. The molecule has 204 valence electrons. The molecular formula is C30H38N2O6. The van der Waals surface area contributed by atoms with E-state index in [1.807, 2.05) is 45.9 Å². The van der Waals surface area contributed by atoms with Crippen molar-refractivity contribution in [1.82, 2.24) is 5.16 Å². The molecule has 4 rings (SSSR count). The van der Waals surface area contributed by atoms with Crippen LogP contribution in [0.2, 0.25) is 0 Å². The first-order chi connectivity index (χ1) is 17.9. The molecule has 1 heterocycles. The highest BCUT2D eigenvalue weighted by molar-refractivity contribution is 6.24. The highest BCUT2D eigenvalue weighted by Crippen LogP contribution is 2.38. The van der Waals surface area contributed by atoms with Crippen LogP contribution in [-0.4, -0.2) is 48.3 Å². The van der Waals surface area contributed by atoms with Gasteiger partial charge in [-0.15, -0.1) is 0 Å². The Morgan fingerprint density at radius 2 is 1.66 bits per heavy atom. The summed E-state index contributed by atoms with van der Waals surface area (Å²) in [5, 5.41) is 15.2. The number of hydrogen-bond donors (Lipinski definition) is 1. The van der Waals surface area contributed by atoms with Gasteiger partial charge in [-0.05, 0) is 41.4 Å². The van der Waals surface area contributed by atoms with Gasteiger partial charge in [-0.25, -0.2) is 0 Å². The molecule has 0 aliphatic heterocycles. The van der Waals surface area contributed by atoms with Gasteiger partial charge in [-0.2, -0.15) is 0 Å². The lowest BCUT2D eigenvalue weighted by atomic mass is 9.73. The van der Waals surface area contributed by atoms with Crippen molar-refractivity contribution in [3.05, 3.63) is 52.1 Å². The molecule has 1 aromatic heterocycles. The SMILES string of the molecule is COc1ccc(CCN=C2CC(C)(C)CC(=O)/C2=C(\O)CCc2noc3c2C(=O)CC(C)(C)C3)cc1OC. The van der Waals surface area contributed by atoms with Crippen molar-refractivity contribution in [2.24, 2.45) is 15.8 Å². The molecule has 1 N–H and O–H groups in total. The summed E-state index contributed by atoms with van der Waals surface area (Å²) in [5.41, 5.74) is 2.66. The molecule has 2 aliphatic rings. The van der Waals surface area contributed by atoms with Crippen LogP contribution < -0.4 is 9.47 Å².